The van der Waals surface area contributed by atoms with Crippen LogP contribution in [-0.2, 0) is 0 Å². The Balaban J connectivity index is 0.00000128. The Kier molecular flexibility index (Phi) is 4.73. The largest absolute Gasteiger partial charge is 0.366 e. The van der Waals surface area contributed by atoms with Crippen LogP contribution >= 0.6 is 12.4 Å². The molecule has 0 bridgehead atoms. The van der Waals surface area contributed by atoms with Crippen LogP contribution in [-0.4, -0.2) is 25.5 Å². The van der Waals surface area contributed by atoms with Crippen LogP contribution in [0.1, 0.15) is 22.0 Å². The van der Waals surface area contributed by atoms with E-state index in [4.69, 9.17) is 5.73 Å². The lowest BCUT2D eigenvalue weighted by Crippen LogP contribution is -2.42. The van der Waals surface area contributed by atoms with Crippen LogP contribution in [0.3, 0.4) is 0 Å². The van der Waals surface area contributed by atoms with Gasteiger partial charge in [-0.3, -0.25) is 4.79 Å². The third kappa shape index (κ3) is 2.95. The Morgan fingerprint density at radius 3 is 2.81 bits per heavy atom. The molecule has 1 aliphatic heterocycles. The standard InChI is InChI=1S/C11H15N3O.ClH/c12-11(15)9-3-1-2-8(6-9)10-7-13-4-5-14-10;/h1-3,6,10,13-14H,4-5,7H2,(H2,12,15);1H. The lowest BCUT2D eigenvalue weighted by Gasteiger charge is -2.25. The third-order valence-electron chi connectivity index (χ3n) is 2.61. The first-order valence-corrected chi connectivity index (χ1v) is 5.11. The average molecular weight is 242 g/mol. The van der Waals surface area contributed by atoms with Crippen molar-refractivity contribution in [3.63, 3.8) is 0 Å². The molecule has 88 valence electrons. The van der Waals surface area contributed by atoms with Gasteiger partial charge in [0.1, 0.15) is 0 Å². The highest BCUT2D eigenvalue weighted by Crippen LogP contribution is 2.15. The zero-order valence-corrected chi connectivity index (χ0v) is 9.72. The predicted molar refractivity (Wildman–Crippen MR) is 65.8 cm³/mol. The number of hydrogen-bond acceptors (Lipinski definition) is 3. The Hall–Kier alpha value is -1.10. The Bertz CT molecular complexity index is 364. The van der Waals surface area contributed by atoms with Gasteiger partial charge in [-0.1, -0.05) is 12.1 Å². The fourth-order valence-electron chi connectivity index (χ4n) is 1.80. The van der Waals surface area contributed by atoms with Crippen molar-refractivity contribution in [2.75, 3.05) is 19.6 Å². The maximum atomic E-state index is 11.0. The van der Waals surface area contributed by atoms with Gasteiger partial charge in [0.2, 0.25) is 5.91 Å². The number of halogens is 1. The fourth-order valence-corrected chi connectivity index (χ4v) is 1.80. The minimum absolute atomic E-state index is 0. The second-order valence-corrected chi connectivity index (χ2v) is 3.70. The lowest BCUT2D eigenvalue weighted by atomic mass is 10.0. The molecule has 4 nitrogen and oxygen atoms in total. The summed E-state index contributed by atoms with van der Waals surface area (Å²) in [5.41, 5.74) is 6.92. The molecule has 5 heteroatoms. The van der Waals surface area contributed by atoms with Crippen molar-refractivity contribution >= 4 is 18.3 Å². The molecular formula is C11H16ClN3O. The molecule has 1 heterocycles. The number of piperazine rings is 1. The van der Waals surface area contributed by atoms with Gasteiger partial charge in [0.15, 0.2) is 0 Å². The van der Waals surface area contributed by atoms with Gasteiger partial charge >= 0.3 is 0 Å². The summed E-state index contributed by atoms with van der Waals surface area (Å²) < 4.78 is 0. The highest BCUT2D eigenvalue weighted by atomic mass is 35.5. The highest BCUT2D eigenvalue weighted by Gasteiger charge is 2.14. The molecule has 0 aliphatic carbocycles. The second-order valence-electron chi connectivity index (χ2n) is 3.70. The summed E-state index contributed by atoms with van der Waals surface area (Å²) in [5.74, 6) is -0.374. The molecule has 1 aromatic carbocycles. The van der Waals surface area contributed by atoms with Crippen LogP contribution in [0.4, 0.5) is 0 Å². The molecule has 16 heavy (non-hydrogen) atoms. The van der Waals surface area contributed by atoms with E-state index in [1.807, 2.05) is 18.2 Å². The predicted octanol–water partition coefficient (Wildman–Crippen LogP) is 0.441. The summed E-state index contributed by atoms with van der Waals surface area (Å²) in [5, 5.41) is 6.69. The smallest absolute Gasteiger partial charge is 0.248 e. The van der Waals surface area contributed by atoms with Crippen molar-refractivity contribution in [1.29, 1.82) is 0 Å². The SMILES string of the molecule is Cl.NC(=O)c1cccc(C2CNCCN2)c1. The van der Waals surface area contributed by atoms with E-state index in [2.05, 4.69) is 10.6 Å². The summed E-state index contributed by atoms with van der Waals surface area (Å²) in [6, 6.07) is 7.75. The minimum Gasteiger partial charge on any atom is -0.366 e. The number of benzene rings is 1. The molecule has 4 N–H and O–H groups in total. The van der Waals surface area contributed by atoms with E-state index in [0.29, 0.717) is 5.56 Å². The van der Waals surface area contributed by atoms with Crippen LogP contribution in [0, 0.1) is 0 Å². The quantitative estimate of drug-likeness (QED) is 0.704. The summed E-state index contributed by atoms with van der Waals surface area (Å²) in [6.45, 7) is 2.83. The zero-order valence-electron chi connectivity index (χ0n) is 8.90. The molecule has 1 fully saturated rings. The van der Waals surface area contributed by atoms with E-state index >= 15 is 0 Å². The van der Waals surface area contributed by atoms with Crippen molar-refractivity contribution in [3.8, 4) is 0 Å². The van der Waals surface area contributed by atoms with E-state index in [-0.39, 0.29) is 24.4 Å². The molecule has 1 aliphatic rings. The maximum absolute atomic E-state index is 11.0. The number of amides is 1. The minimum atomic E-state index is -0.374. The van der Waals surface area contributed by atoms with Crippen molar-refractivity contribution in [1.82, 2.24) is 10.6 Å². The molecule has 1 unspecified atom stereocenters. The number of primary amides is 1. The first-order chi connectivity index (χ1) is 7.27. The Morgan fingerprint density at radius 1 is 1.38 bits per heavy atom. The lowest BCUT2D eigenvalue weighted by molar-refractivity contribution is 0.1000. The van der Waals surface area contributed by atoms with Gasteiger partial charge in [-0.05, 0) is 17.7 Å². The van der Waals surface area contributed by atoms with Gasteiger partial charge in [-0.25, -0.2) is 0 Å². The number of nitrogens with one attached hydrogen (secondary N) is 2. The van der Waals surface area contributed by atoms with Crippen LogP contribution in [0.2, 0.25) is 0 Å². The van der Waals surface area contributed by atoms with Crippen LogP contribution in [0.15, 0.2) is 24.3 Å². The Labute approximate surface area is 101 Å². The second kappa shape index (κ2) is 5.84. The van der Waals surface area contributed by atoms with Gasteiger partial charge in [0, 0.05) is 31.2 Å². The number of carbonyl (C=O) groups excluding carboxylic acids is 1. The molecule has 2 rings (SSSR count). The topological polar surface area (TPSA) is 67.2 Å². The molecule has 1 aromatic rings. The van der Waals surface area contributed by atoms with Gasteiger partial charge in [0.05, 0.1) is 0 Å². The molecular weight excluding hydrogens is 226 g/mol. The fraction of sp³-hybridized carbons (Fsp3) is 0.364. The first kappa shape index (κ1) is 13.0. The number of carbonyl (C=O) groups is 1. The van der Waals surface area contributed by atoms with Gasteiger partial charge < -0.3 is 16.4 Å². The van der Waals surface area contributed by atoms with E-state index in [0.717, 1.165) is 25.2 Å². The summed E-state index contributed by atoms with van der Waals surface area (Å²) in [7, 11) is 0. The molecule has 0 radical (unpaired) electrons. The molecule has 0 aromatic heterocycles. The van der Waals surface area contributed by atoms with Crippen molar-refractivity contribution in [2.24, 2.45) is 5.73 Å². The molecule has 1 amide bonds. The van der Waals surface area contributed by atoms with Crippen molar-refractivity contribution in [2.45, 2.75) is 6.04 Å². The van der Waals surface area contributed by atoms with E-state index in [9.17, 15) is 4.79 Å². The van der Waals surface area contributed by atoms with Crippen molar-refractivity contribution in [3.05, 3.63) is 35.4 Å². The van der Waals surface area contributed by atoms with E-state index in [1.54, 1.807) is 6.07 Å². The molecule has 1 saturated heterocycles. The number of nitrogens with two attached hydrogens (primary N) is 1. The van der Waals surface area contributed by atoms with Crippen LogP contribution in [0.25, 0.3) is 0 Å². The third-order valence-corrected chi connectivity index (χ3v) is 2.61. The monoisotopic (exact) mass is 241 g/mol. The summed E-state index contributed by atoms with van der Waals surface area (Å²) in [4.78, 5) is 11.0. The van der Waals surface area contributed by atoms with Gasteiger partial charge in [0.25, 0.3) is 0 Å². The normalized spacial score (nSPS) is 19.9. The van der Waals surface area contributed by atoms with E-state index < -0.39 is 0 Å². The maximum Gasteiger partial charge on any atom is 0.248 e. The number of hydrogen-bond donors (Lipinski definition) is 3. The van der Waals surface area contributed by atoms with Crippen molar-refractivity contribution < 1.29 is 4.79 Å². The van der Waals surface area contributed by atoms with Crippen LogP contribution < -0.4 is 16.4 Å². The summed E-state index contributed by atoms with van der Waals surface area (Å²) in [6.07, 6.45) is 0. The number of rotatable bonds is 2. The molecule has 1 atom stereocenters. The zero-order chi connectivity index (χ0) is 10.7. The average Bonchev–Trinajstić information content (AvgIpc) is 2.30. The van der Waals surface area contributed by atoms with Crippen LogP contribution in [0.5, 0.6) is 0 Å². The van der Waals surface area contributed by atoms with Gasteiger partial charge in [-0.2, -0.15) is 0 Å². The van der Waals surface area contributed by atoms with Gasteiger partial charge in [-0.15, -0.1) is 12.4 Å². The first-order valence-electron chi connectivity index (χ1n) is 5.11. The highest BCUT2D eigenvalue weighted by molar-refractivity contribution is 5.92. The summed E-state index contributed by atoms with van der Waals surface area (Å²) >= 11 is 0. The Morgan fingerprint density at radius 2 is 2.19 bits per heavy atom. The van der Waals surface area contributed by atoms with E-state index in [1.165, 1.54) is 0 Å². The molecule has 0 saturated carbocycles. The molecule has 0 spiro atoms.